The van der Waals surface area contributed by atoms with Crippen LogP contribution >= 0.6 is 0 Å². The van der Waals surface area contributed by atoms with Gasteiger partial charge in [-0.1, -0.05) is 0 Å². The normalized spacial score (nSPS) is 35.6. The summed E-state index contributed by atoms with van der Waals surface area (Å²) in [6.45, 7) is 3.77. The fraction of sp³-hybridized carbons (Fsp3) is 0.929. The van der Waals surface area contributed by atoms with Gasteiger partial charge in [-0.15, -0.1) is 0 Å². The quantitative estimate of drug-likeness (QED) is 0.731. The molecule has 1 spiro atoms. The highest BCUT2D eigenvalue weighted by atomic mass is 16.2. The minimum atomic E-state index is 0.218. The van der Waals surface area contributed by atoms with E-state index < -0.39 is 0 Å². The Labute approximate surface area is 104 Å². The van der Waals surface area contributed by atoms with Crippen LogP contribution in [0.25, 0.3) is 0 Å². The first-order valence-electron chi connectivity index (χ1n) is 7.19. The van der Waals surface area contributed by atoms with E-state index in [1.807, 2.05) is 7.05 Å². The number of amides is 1. The highest BCUT2D eigenvalue weighted by Gasteiger charge is 2.43. The van der Waals surface area contributed by atoms with Gasteiger partial charge >= 0.3 is 0 Å². The first kappa shape index (κ1) is 11.5. The molecule has 3 fully saturated rings. The van der Waals surface area contributed by atoms with Gasteiger partial charge in [0.05, 0.1) is 0 Å². The van der Waals surface area contributed by atoms with Gasteiger partial charge in [-0.05, 0) is 51.0 Å². The van der Waals surface area contributed by atoms with E-state index in [1.165, 1.54) is 51.7 Å². The van der Waals surface area contributed by atoms with Crippen LogP contribution in [0, 0.1) is 5.92 Å². The van der Waals surface area contributed by atoms with Crippen LogP contribution in [0.5, 0.6) is 0 Å². The van der Waals surface area contributed by atoms with Gasteiger partial charge in [-0.2, -0.15) is 0 Å². The van der Waals surface area contributed by atoms with Gasteiger partial charge in [0.15, 0.2) is 0 Å². The van der Waals surface area contributed by atoms with Gasteiger partial charge in [0.25, 0.3) is 0 Å². The van der Waals surface area contributed by atoms with E-state index in [0.29, 0.717) is 5.91 Å². The zero-order valence-corrected chi connectivity index (χ0v) is 11.0. The molecule has 0 aromatic heterocycles. The van der Waals surface area contributed by atoms with Crippen molar-refractivity contribution >= 4 is 5.91 Å². The lowest BCUT2D eigenvalue weighted by molar-refractivity contribution is -0.129. The van der Waals surface area contributed by atoms with E-state index in [1.54, 1.807) is 0 Å². The molecule has 1 atom stereocenters. The lowest BCUT2D eigenvalue weighted by Crippen LogP contribution is -2.43. The van der Waals surface area contributed by atoms with Crippen molar-refractivity contribution in [2.24, 2.45) is 5.92 Å². The molecule has 2 aliphatic heterocycles. The Morgan fingerprint density at radius 1 is 1.24 bits per heavy atom. The van der Waals surface area contributed by atoms with Crippen LogP contribution in [-0.2, 0) is 4.79 Å². The molecule has 0 unspecified atom stereocenters. The monoisotopic (exact) mass is 236 g/mol. The first-order valence-corrected chi connectivity index (χ1v) is 7.19. The maximum Gasteiger partial charge on any atom is 0.222 e. The molecule has 0 aromatic carbocycles. The summed E-state index contributed by atoms with van der Waals surface area (Å²) in [4.78, 5) is 16.4. The van der Waals surface area contributed by atoms with Gasteiger partial charge < -0.3 is 9.80 Å². The molecule has 2 heterocycles. The SMILES string of the molecule is CN1C(=O)CC[C@@]12CCCN(CC1CC1)CC2. The number of carbonyl (C=O) groups is 1. The lowest BCUT2D eigenvalue weighted by atomic mass is 9.88. The van der Waals surface area contributed by atoms with Gasteiger partial charge in [0.2, 0.25) is 5.91 Å². The number of hydrogen-bond donors (Lipinski definition) is 0. The van der Waals surface area contributed by atoms with Crippen molar-refractivity contribution in [2.45, 2.75) is 50.5 Å². The third-order valence-electron chi connectivity index (χ3n) is 5.11. The van der Waals surface area contributed by atoms with Crippen LogP contribution in [0.1, 0.15) is 44.9 Å². The minimum Gasteiger partial charge on any atom is -0.340 e. The van der Waals surface area contributed by atoms with E-state index in [9.17, 15) is 4.79 Å². The molecule has 3 nitrogen and oxygen atoms in total. The van der Waals surface area contributed by atoms with Crippen LogP contribution in [0.3, 0.4) is 0 Å². The second-order valence-electron chi connectivity index (χ2n) is 6.27. The summed E-state index contributed by atoms with van der Waals surface area (Å²) in [6.07, 6.45) is 8.45. The Hall–Kier alpha value is -0.570. The fourth-order valence-electron chi connectivity index (χ4n) is 3.61. The topological polar surface area (TPSA) is 23.6 Å². The largest absolute Gasteiger partial charge is 0.340 e. The van der Waals surface area contributed by atoms with E-state index >= 15 is 0 Å². The van der Waals surface area contributed by atoms with Gasteiger partial charge in [-0.25, -0.2) is 0 Å². The molecule has 0 bridgehead atoms. The average molecular weight is 236 g/mol. The predicted octanol–water partition coefficient (Wildman–Crippen LogP) is 1.87. The van der Waals surface area contributed by atoms with Crippen molar-refractivity contribution in [3.63, 3.8) is 0 Å². The van der Waals surface area contributed by atoms with Crippen LogP contribution in [0.2, 0.25) is 0 Å². The Bertz CT molecular complexity index is 313. The van der Waals surface area contributed by atoms with E-state index in [0.717, 1.165) is 18.8 Å². The molecule has 3 rings (SSSR count). The second-order valence-corrected chi connectivity index (χ2v) is 6.27. The summed E-state index contributed by atoms with van der Waals surface area (Å²) in [7, 11) is 2.02. The highest BCUT2D eigenvalue weighted by Crippen LogP contribution is 2.38. The van der Waals surface area contributed by atoms with Crippen LogP contribution in [0.4, 0.5) is 0 Å². The summed E-state index contributed by atoms with van der Waals surface area (Å²) >= 11 is 0. The van der Waals surface area contributed by atoms with Gasteiger partial charge in [0, 0.05) is 32.1 Å². The number of carbonyl (C=O) groups excluding carboxylic acids is 1. The lowest BCUT2D eigenvalue weighted by Gasteiger charge is -2.35. The van der Waals surface area contributed by atoms with Crippen molar-refractivity contribution in [3.8, 4) is 0 Å². The van der Waals surface area contributed by atoms with Crippen molar-refractivity contribution in [2.75, 3.05) is 26.7 Å². The molecule has 1 saturated carbocycles. The van der Waals surface area contributed by atoms with Crippen molar-refractivity contribution < 1.29 is 4.79 Å². The summed E-state index contributed by atoms with van der Waals surface area (Å²) in [5.74, 6) is 1.35. The third kappa shape index (κ3) is 2.22. The molecule has 0 radical (unpaired) electrons. The number of nitrogens with zero attached hydrogens (tertiary/aromatic N) is 2. The number of rotatable bonds is 2. The molecule has 1 amide bonds. The van der Waals surface area contributed by atoms with E-state index in [-0.39, 0.29) is 5.54 Å². The van der Waals surface area contributed by atoms with E-state index in [2.05, 4.69) is 9.80 Å². The molecule has 2 saturated heterocycles. The predicted molar refractivity (Wildman–Crippen MR) is 67.8 cm³/mol. The fourth-order valence-corrected chi connectivity index (χ4v) is 3.61. The molecule has 3 aliphatic rings. The third-order valence-corrected chi connectivity index (χ3v) is 5.11. The maximum absolute atomic E-state index is 11.7. The van der Waals surface area contributed by atoms with Crippen LogP contribution in [-0.4, -0.2) is 47.9 Å². The average Bonchev–Trinajstić information content (AvgIpc) is 3.10. The molecule has 17 heavy (non-hydrogen) atoms. The van der Waals surface area contributed by atoms with Crippen LogP contribution in [0.15, 0.2) is 0 Å². The van der Waals surface area contributed by atoms with Crippen molar-refractivity contribution in [1.29, 1.82) is 0 Å². The summed E-state index contributed by atoms with van der Waals surface area (Å²) in [5, 5.41) is 0. The van der Waals surface area contributed by atoms with Crippen molar-refractivity contribution in [1.82, 2.24) is 9.80 Å². The highest BCUT2D eigenvalue weighted by molar-refractivity contribution is 5.79. The summed E-state index contributed by atoms with van der Waals surface area (Å²) in [5.41, 5.74) is 0.218. The smallest absolute Gasteiger partial charge is 0.222 e. The molecular formula is C14H24N2O. The molecular weight excluding hydrogens is 212 g/mol. The zero-order valence-electron chi connectivity index (χ0n) is 11.0. The Kier molecular flexibility index (Phi) is 2.89. The minimum absolute atomic E-state index is 0.218. The molecule has 96 valence electrons. The zero-order chi connectivity index (χ0) is 11.9. The molecule has 0 aromatic rings. The van der Waals surface area contributed by atoms with Crippen molar-refractivity contribution in [3.05, 3.63) is 0 Å². The molecule has 3 heteroatoms. The first-order chi connectivity index (χ1) is 8.20. The molecule has 0 N–H and O–H groups in total. The second kappa shape index (κ2) is 4.27. The molecule has 1 aliphatic carbocycles. The summed E-state index contributed by atoms with van der Waals surface area (Å²) < 4.78 is 0. The maximum atomic E-state index is 11.7. The summed E-state index contributed by atoms with van der Waals surface area (Å²) in [6, 6.07) is 0. The Morgan fingerprint density at radius 3 is 2.71 bits per heavy atom. The Morgan fingerprint density at radius 2 is 2.06 bits per heavy atom. The number of hydrogen-bond acceptors (Lipinski definition) is 2. The number of likely N-dealkylation sites (tertiary alicyclic amines) is 2. The van der Waals surface area contributed by atoms with Gasteiger partial charge in [-0.3, -0.25) is 4.79 Å². The van der Waals surface area contributed by atoms with Crippen LogP contribution < -0.4 is 0 Å². The Balaban J connectivity index is 1.62. The standard InChI is InChI=1S/C14H24N2O/c1-15-13(17)5-7-14(15)6-2-9-16(10-8-14)11-12-3-4-12/h12H,2-11H2,1H3/t14-/m1/s1. The van der Waals surface area contributed by atoms with E-state index in [4.69, 9.17) is 0 Å². The van der Waals surface area contributed by atoms with Gasteiger partial charge in [0.1, 0.15) is 0 Å².